The van der Waals surface area contributed by atoms with Crippen molar-refractivity contribution in [1.29, 1.82) is 0 Å². The highest BCUT2D eigenvalue weighted by Gasteiger charge is 2.15. The highest BCUT2D eigenvalue weighted by atomic mass is 32.2. The zero-order chi connectivity index (χ0) is 18.2. The van der Waals surface area contributed by atoms with Crippen LogP contribution in [-0.4, -0.2) is 24.3 Å². The summed E-state index contributed by atoms with van der Waals surface area (Å²) in [6.07, 6.45) is -0.558. The molecule has 0 aliphatic rings. The van der Waals surface area contributed by atoms with E-state index < -0.39 is 6.10 Å². The SMILES string of the molecule is Cc1ccc(C)c(O[C@@H](C)C(=O)NCCSCc2ccccc2F)c1. The maximum Gasteiger partial charge on any atom is 0.260 e. The summed E-state index contributed by atoms with van der Waals surface area (Å²) in [4.78, 5) is 12.1. The molecule has 0 spiro atoms. The highest BCUT2D eigenvalue weighted by Crippen LogP contribution is 2.20. The molecule has 2 aromatic rings. The van der Waals surface area contributed by atoms with Crippen molar-refractivity contribution in [3.63, 3.8) is 0 Å². The van der Waals surface area contributed by atoms with Crippen LogP contribution in [0.5, 0.6) is 5.75 Å². The molecule has 134 valence electrons. The Kier molecular flexibility index (Phi) is 7.31. The van der Waals surface area contributed by atoms with Crippen LogP contribution in [0.15, 0.2) is 42.5 Å². The molecule has 0 aliphatic carbocycles. The predicted octanol–water partition coefficient (Wildman–Crippen LogP) is 4.26. The minimum Gasteiger partial charge on any atom is -0.481 e. The zero-order valence-corrected chi connectivity index (χ0v) is 15.7. The summed E-state index contributed by atoms with van der Waals surface area (Å²) in [6.45, 7) is 6.21. The van der Waals surface area contributed by atoms with E-state index in [1.807, 2.05) is 38.1 Å². The molecule has 0 saturated carbocycles. The van der Waals surface area contributed by atoms with E-state index in [4.69, 9.17) is 4.74 Å². The summed E-state index contributed by atoms with van der Waals surface area (Å²) in [5, 5.41) is 2.86. The van der Waals surface area contributed by atoms with Crippen molar-refractivity contribution in [2.75, 3.05) is 12.3 Å². The standard InChI is InChI=1S/C20H24FNO2S/c1-14-8-9-15(2)19(12-14)24-16(3)20(23)22-10-11-25-13-17-6-4-5-7-18(17)21/h4-9,12,16H,10-11,13H2,1-3H3,(H,22,23)/t16-/m0/s1. The molecule has 2 rings (SSSR count). The maximum atomic E-state index is 13.5. The third-order valence-corrected chi connectivity index (χ3v) is 4.79. The molecular formula is C20H24FNO2S. The molecule has 0 radical (unpaired) electrons. The Hall–Kier alpha value is -2.01. The molecule has 0 bridgehead atoms. The number of hydrogen-bond acceptors (Lipinski definition) is 3. The second kappa shape index (κ2) is 9.47. The van der Waals surface area contributed by atoms with Crippen LogP contribution in [0, 0.1) is 19.7 Å². The monoisotopic (exact) mass is 361 g/mol. The third-order valence-electron chi connectivity index (χ3n) is 3.78. The Morgan fingerprint density at radius 3 is 2.76 bits per heavy atom. The van der Waals surface area contributed by atoms with E-state index in [0.717, 1.165) is 22.6 Å². The number of hydrogen-bond donors (Lipinski definition) is 1. The Bertz CT molecular complexity index is 721. The molecular weight excluding hydrogens is 337 g/mol. The van der Waals surface area contributed by atoms with Gasteiger partial charge in [-0.2, -0.15) is 11.8 Å². The quantitative estimate of drug-likeness (QED) is 0.714. The van der Waals surface area contributed by atoms with Crippen LogP contribution in [0.2, 0.25) is 0 Å². The van der Waals surface area contributed by atoms with Crippen molar-refractivity contribution in [2.24, 2.45) is 0 Å². The van der Waals surface area contributed by atoms with Crippen molar-refractivity contribution in [2.45, 2.75) is 32.6 Å². The van der Waals surface area contributed by atoms with Gasteiger partial charge in [-0.3, -0.25) is 4.79 Å². The maximum absolute atomic E-state index is 13.5. The first-order chi connectivity index (χ1) is 12.0. The van der Waals surface area contributed by atoms with E-state index in [-0.39, 0.29) is 11.7 Å². The largest absolute Gasteiger partial charge is 0.481 e. The smallest absolute Gasteiger partial charge is 0.260 e. The Labute approximate surface area is 153 Å². The van der Waals surface area contributed by atoms with Crippen molar-refractivity contribution < 1.29 is 13.9 Å². The number of carbonyl (C=O) groups is 1. The molecule has 0 unspecified atom stereocenters. The van der Waals surface area contributed by atoms with Gasteiger partial charge in [-0.15, -0.1) is 0 Å². The molecule has 1 atom stereocenters. The fraction of sp³-hybridized carbons (Fsp3) is 0.350. The topological polar surface area (TPSA) is 38.3 Å². The fourth-order valence-electron chi connectivity index (χ4n) is 2.27. The van der Waals surface area contributed by atoms with Gasteiger partial charge in [-0.25, -0.2) is 4.39 Å². The first kappa shape index (κ1) is 19.3. The zero-order valence-electron chi connectivity index (χ0n) is 14.8. The van der Waals surface area contributed by atoms with Gasteiger partial charge in [0.05, 0.1) is 0 Å². The van der Waals surface area contributed by atoms with Crippen LogP contribution in [0.1, 0.15) is 23.6 Å². The second-order valence-electron chi connectivity index (χ2n) is 5.96. The number of benzene rings is 2. The summed E-state index contributed by atoms with van der Waals surface area (Å²) in [5.41, 5.74) is 2.79. The number of carbonyl (C=O) groups excluding carboxylic acids is 1. The van der Waals surface area contributed by atoms with Gasteiger partial charge in [0.15, 0.2) is 6.10 Å². The fourth-order valence-corrected chi connectivity index (χ4v) is 3.11. The lowest BCUT2D eigenvalue weighted by molar-refractivity contribution is -0.127. The minimum atomic E-state index is -0.558. The van der Waals surface area contributed by atoms with Gasteiger partial charge in [0.25, 0.3) is 5.91 Å². The van der Waals surface area contributed by atoms with Crippen LogP contribution in [0.3, 0.4) is 0 Å². The van der Waals surface area contributed by atoms with Gasteiger partial charge < -0.3 is 10.1 Å². The molecule has 3 nitrogen and oxygen atoms in total. The molecule has 5 heteroatoms. The number of thioether (sulfide) groups is 1. The van der Waals surface area contributed by atoms with Crippen molar-refractivity contribution >= 4 is 17.7 Å². The molecule has 0 aromatic heterocycles. The second-order valence-corrected chi connectivity index (χ2v) is 7.07. The van der Waals surface area contributed by atoms with E-state index in [2.05, 4.69) is 5.32 Å². The Morgan fingerprint density at radius 1 is 1.24 bits per heavy atom. The van der Waals surface area contributed by atoms with Crippen LogP contribution >= 0.6 is 11.8 Å². The van der Waals surface area contributed by atoms with E-state index in [9.17, 15) is 9.18 Å². The number of amides is 1. The number of nitrogens with one attached hydrogen (secondary N) is 1. The summed E-state index contributed by atoms with van der Waals surface area (Å²) >= 11 is 1.59. The molecule has 0 saturated heterocycles. The van der Waals surface area contributed by atoms with Crippen molar-refractivity contribution in [3.05, 3.63) is 65.0 Å². The van der Waals surface area contributed by atoms with Gasteiger partial charge >= 0.3 is 0 Å². The van der Waals surface area contributed by atoms with E-state index in [1.54, 1.807) is 30.8 Å². The number of aryl methyl sites for hydroxylation is 2. The summed E-state index contributed by atoms with van der Waals surface area (Å²) < 4.78 is 19.3. The Balaban J connectivity index is 1.71. The van der Waals surface area contributed by atoms with Crippen molar-refractivity contribution in [3.8, 4) is 5.75 Å². The number of ether oxygens (including phenoxy) is 1. The first-order valence-corrected chi connectivity index (χ1v) is 9.45. The molecule has 1 N–H and O–H groups in total. The highest BCUT2D eigenvalue weighted by molar-refractivity contribution is 7.98. The van der Waals surface area contributed by atoms with Gasteiger partial charge in [-0.05, 0) is 49.6 Å². The van der Waals surface area contributed by atoms with Gasteiger partial charge in [0.1, 0.15) is 11.6 Å². The van der Waals surface area contributed by atoms with Crippen LogP contribution in [-0.2, 0) is 10.5 Å². The molecule has 0 heterocycles. The number of rotatable bonds is 8. The molecule has 0 aliphatic heterocycles. The lowest BCUT2D eigenvalue weighted by Gasteiger charge is -2.16. The lowest BCUT2D eigenvalue weighted by atomic mass is 10.1. The average molecular weight is 361 g/mol. The number of halogens is 1. The van der Waals surface area contributed by atoms with Crippen LogP contribution in [0.25, 0.3) is 0 Å². The van der Waals surface area contributed by atoms with Crippen molar-refractivity contribution in [1.82, 2.24) is 5.32 Å². The van der Waals surface area contributed by atoms with E-state index in [1.165, 1.54) is 6.07 Å². The van der Waals surface area contributed by atoms with Gasteiger partial charge in [-0.1, -0.05) is 30.3 Å². The molecule has 2 aromatic carbocycles. The normalized spacial score (nSPS) is 11.8. The van der Waals surface area contributed by atoms with E-state index >= 15 is 0 Å². The summed E-state index contributed by atoms with van der Waals surface area (Å²) in [5.74, 6) is 1.71. The summed E-state index contributed by atoms with van der Waals surface area (Å²) in [6, 6.07) is 12.7. The minimum absolute atomic E-state index is 0.146. The van der Waals surface area contributed by atoms with Crippen LogP contribution in [0.4, 0.5) is 4.39 Å². The molecule has 25 heavy (non-hydrogen) atoms. The van der Waals surface area contributed by atoms with Crippen LogP contribution < -0.4 is 10.1 Å². The first-order valence-electron chi connectivity index (χ1n) is 8.30. The predicted molar refractivity (Wildman–Crippen MR) is 102 cm³/mol. The van der Waals surface area contributed by atoms with Gasteiger partial charge in [0, 0.05) is 18.1 Å². The summed E-state index contributed by atoms with van der Waals surface area (Å²) in [7, 11) is 0. The lowest BCUT2D eigenvalue weighted by Crippen LogP contribution is -2.37. The van der Waals surface area contributed by atoms with Gasteiger partial charge in [0.2, 0.25) is 0 Å². The van der Waals surface area contributed by atoms with E-state index in [0.29, 0.717) is 17.9 Å². The molecule has 1 amide bonds. The average Bonchev–Trinajstić information content (AvgIpc) is 2.59. The molecule has 0 fully saturated rings. The Morgan fingerprint density at radius 2 is 2.00 bits per heavy atom. The third kappa shape index (κ3) is 6.09.